The van der Waals surface area contributed by atoms with E-state index in [1.807, 2.05) is 46.9 Å². The Morgan fingerprint density at radius 3 is 3.00 bits per heavy atom. The molecule has 0 saturated heterocycles. The summed E-state index contributed by atoms with van der Waals surface area (Å²) in [6, 6.07) is 7.71. The van der Waals surface area contributed by atoms with Gasteiger partial charge in [-0.1, -0.05) is 34.7 Å². The molecule has 0 amide bonds. The summed E-state index contributed by atoms with van der Waals surface area (Å²) in [5, 5.41) is 0. The second-order valence-corrected chi connectivity index (χ2v) is 5.29. The fraction of sp³-hybridized carbons (Fsp3) is 0.273. The molecule has 0 saturated carbocycles. The number of nitrogens with zero attached hydrogens (tertiary/aromatic N) is 1. The number of benzene rings is 1. The molecule has 0 aliphatic heterocycles. The van der Waals surface area contributed by atoms with Gasteiger partial charge in [0, 0.05) is 0 Å². The molecule has 1 aromatic carbocycles. The summed E-state index contributed by atoms with van der Waals surface area (Å²) in [6.07, 6.45) is 0. The fourth-order valence-electron chi connectivity index (χ4n) is 1.33. The summed E-state index contributed by atoms with van der Waals surface area (Å²) in [5.41, 5.74) is 1.84. The first-order valence-electron chi connectivity index (χ1n) is 4.91. The van der Waals surface area contributed by atoms with Gasteiger partial charge in [0.05, 0.1) is 11.0 Å². The van der Waals surface area contributed by atoms with Crippen molar-refractivity contribution in [3.63, 3.8) is 0 Å². The zero-order chi connectivity index (χ0) is 11.5. The molecular formula is C11H11IN2O2. The van der Waals surface area contributed by atoms with Gasteiger partial charge in [0.1, 0.15) is 16.4 Å². The van der Waals surface area contributed by atoms with Crippen LogP contribution in [0.2, 0.25) is 0 Å². The SMILES string of the molecule is CC(I)C(=O)OCc1nc2ccccc2[nH]1. The molecule has 2 aromatic rings. The number of halogens is 1. The van der Waals surface area contributed by atoms with E-state index in [4.69, 9.17) is 4.74 Å². The van der Waals surface area contributed by atoms with Crippen molar-refractivity contribution in [2.75, 3.05) is 0 Å². The molecule has 1 N–H and O–H groups in total. The summed E-state index contributed by atoms with van der Waals surface area (Å²) in [4.78, 5) is 18.7. The molecule has 1 unspecified atom stereocenters. The summed E-state index contributed by atoms with van der Waals surface area (Å²) in [5.74, 6) is 0.452. The second kappa shape index (κ2) is 4.82. The maximum atomic E-state index is 11.3. The average Bonchev–Trinajstić information content (AvgIpc) is 2.68. The number of rotatable bonds is 3. The molecule has 5 heteroatoms. The third kappa shape index (κ3) is 2.52. The predicted molar refractivity (Wildman–Crippen MR) is 69.4 cm³/mol. The lowest BCUT2D eigenvalue weighted by Gasteiger charge is -2.03. The zero-order valence-corrected chi connectivity index (χ0v) is 10.9. The number of alkyl halides is 1. The smallest absolute Gasteiger partial charge is 0.319 e. The van der Waals surface area contributed by atoms with Crippen LogP contribution in [0.1, 0.15) is 12.7 Å². The van der Waals surface area contributed by atoms with E-state index in [1.54, 1.807) is 6.92 Å². The number of aromatic amines is 1. The van der Waals surface area contributed by atoms with E-state index in [-0.39, 0.29) is 16.5 Å². The highest BCUT2D eigenvalue weighted by molar-refractivity contribution is 14.1. The van der Waals surface area contributed by atoms with Crippen LogP contribution in [0.4, 0.5) is 0 Å². The Bertz CT molecular complexity index is 474. The minimum atomic E-state index is -0.221. The Morgan fingerprint density at radius 2 is 2.31 bits per heavy atom. The first kappa shape index (κ1) is 11.4. The Morgan fingerprint density at radius 1 is 1.56 bits per heavy atom. The van der Waals surface area contributed by atoms with Gasteiger partial charge in [-0.2, -0.15) is 0 Å². The second-order valence-electron chi connectivity index (χ2n) is 3.42. The molecule has 1 atom stereocenters. The van der Waals surface area contributed by atoms with E-state index >= 15 is 0 Å². The zero-order valence-electron chi connectivity index (χ0n) is 8.74. The normalized spacial score (nSPS) is 12.6. The van der Waals surface area contributed by atoms with E-state index in [0.29, 0.717) is 5.82 Å². The highest BCUT2D eigenvalue weighted by Crippen LogP contribution is 2.11. The van der Waals surface area contributed by atoms with Crippen molar-refractivity contribution in [2.45, 2.75) is 17.5 Å². The van der Waals surface area contributed by atoms with Gasteiger partial charge in [-0.05, 0) is 19.1 Å². The van der Waals surface area contributed by atoms with Gasteiger partial charge < -0.3 is 9.72 Å². The van der Waals surface area contributed by atoms with Crippen molar-refractivity contribution < 1.29 is 9.53 Å². The molecule has 1 aromatic heterocycles. The summed E-state index contributed by atoms with van der Waals surface area (Å²) in [7, 11) is 0. The lowest BCUT2D eigenvalue weighted by atomic mass is 10.3. The predicted octanol–water partition coefficient (Wildman–Crippen LogP) is 2.43. The van der Waals surface area contributed by atoms with E-state index in [2.05, 4.69) is 9.97 Å². The first-order valence-corrected chi connectivity index (χ1v) is 6.15. The molecule has 0 spiro atoms. The topological polar surface area (TPSA) is 55.0 Å². The van der Waals surface area contributed by atoms with Crippen LogP contribution in [0.15, 0.2) is 24.3 Å². The van der Waals surface area contributed by atoms with Crippen LogP contribution in [-0.2, 0) is 16.1 Å². The Hall–Kier alpha value is -1.11. The standard InChI is InChI=1S/C11H11IN2O2/c1-7(12)11(15)16-6-10-13-8-4-2-3-5-9(8)14-10/h2-5,7H,6H2,1H3,(H,13,14). The Labute approximate surface area is 107 Å². The van der Waals surface area contributed by atoms with Gasteiger partial charge in [-0.15, -0.1) is 0 Å². The monoisotopic (exact) mass is 330 g/mol. The number of fused-ring (bicyclic) bond motifs is 1. The van der Waals surface area contributed by atoms with Gasteiger partial charge in [0.25, 0.3) is 0 Å². The van der Waals surface area contributed by atoms with Crippen molar-refractivity contribution >= 4 is 39.6 Å². The number of imidazole rings is 1. The molecule has 1 heterocycles. The Kier molecular flexibility index (Phi) is 3.42. The molecule has 16 heavy (non-hydrogen) atoms. The number of para-hydroxylation sites is 2. The minimum Gasteiger partial charge on any atom is -0.457 e. The number of carbonyl (C=O) groups excluding carboxylic acids is 1. The quantitative estimate of drug-likeness (QED) is 0.534. The summed E-state index contributed by atoms with van der Waals surface area (Å²) in [6.45, 7) is 1.99. The van der Waals surface area contributed by atoms with Crippen LogP contribution in [-0.4, -0.2) is 19.9 Å². The molecular weight excluding hydrogens is 319 g/mol. The molecule has 0 bridgehead atoms. The fourth-order valence-corrected chi connectivity index (χ4v) is 1.51. The van der Waals surface area contributed by atoms with Crippen LogP contribution < -0.4 is 0 Å². The number of nitrogens with one attached hydrogen (secondary N) is 1. The average molecular weight is 330 g/mol. The largest absolute Gasteiger partial charge is 0.457 e. The molecule has 0 aliphatic carbocycles. The molecule has 0 fully saturated rings. The third-order valence-corrected chi connectivity index (χ3v) is 2.62. The van der Waals surface area contributed by atoms with Crippen molar-refractivity contribution in [3.05, 3.63) is 30.1 Å². The van der Waals surface area contributed by atoms with Crippen LogP contribution in [0.3, 0.4) is 0 Å². The van der Waals surface area contributed by atoms with Crippen molar-refractivity contribution in [1.29, 1.82) is 0 Å². The van der Waals surface area contributed by atoms with E-state index in [1.165, 1.54) is 0 Å². The van der Waals surface area contributed by atoms with Crippen LogP contribution in [0.5, 0.6) is 0 Å². The molecule has 4 nitrogen and oxygen atoms in total. The van der Waals surface area contributed by atoms with E-state index in [9.17, 15) is 4.79 Å². The number of aromatic nitrogens is 2. The third-order valence-electron chi connectivity index (χ3n) is 2.11. The lowest BCUT2D eigenvalue weighted by Crippen LogP contribution is -2.13. The van der Waals surface area contributed by atoms with Gasteiger partial charge >= 0.3 is 5.97 Å². The van der Waals surface area contributed by atoms with Crippen LogP contribution in [0, 0.1) is 0 Å². The highest BCUT2D eigenvalue weighted by Gasteiger charge is 2.11. The summed E-state index contributed by atoms with van der Waals surface area (Å²) < 4.78 is 4.94. The Balaban J connectivity index is 2.07. The molecule has 84 valence electrons. The number of esters is 1. The maximum absolute atomic E-state index is 11.3. The van der Waals surface area contributed by atoms with E-state index < -0.39 is 0 Å². The van der Waals surface area contributed by atoms with Crippen molar-refractivity contribution in [3.8, 4) is 0 Å². The van der Waals surface area contributed by atoms with Crippen molar-refractivity contribution in [2.24, 2.45) is 0 Å². The van der Waals surface area contributed by atoms with Gasteiger partial charge in [0.2, 0.25) is 0 Å². The summed E-state index contributed by atoms with van der Waals surface area (Å²) >= 11 is 2.02. The van der Waals surface area contributed by atoms with Gasteiger partial charge in [-0.3, -0.25) is 4.79 Å². The van der Waals surface area contributed by atoms with Crippen LogP contribution in [0.25, 0.3) is 11.0 Å². The molecule has 2 rings (SSSR count). The van der Waals surface area contributed by atoms with E-state index in [0.717, 1.165) is 11.0 Å². The number of hydrogen-bond donors (Lipinski definition) is 1. The maximum Gasteiger partial charge on any atom is 0.319 e. The number of hydrogen-bond acceptors (Lipinski definition) is 3. The van der Waals surface area contributed by atoms with Gasteiger partial charge in [-0.25, -0.2) is 4.98 Å². The number of carbonyl (C=O) groups is 1. The first-order chi connectivity index (χ1) is 7.66. The number of H-pyrrole nitrogens is 1. The van der Waals surface area contributed by atoms with Gasteiger partial charge in [0.15, 0.2) is 0 Å². The lowest BCUT2D eigenvalue weighted by molar-refractivity contribution is -0.143. The molecule has 0 radical (unpaired) electrons. The molecule has 0 aliphatic rings. The number of ether oxygens (including phenoxy) is 1. The minimum absolute atomic E-state index is 0.137. The highest BCUT2D eigenvalue weighted by atomic mass is 127. The van der Waals surface area contributed by atoms with Crippen LogP contribution >= 0.6 is 22.6 Å². The van der Waals surface area contributed by atoms with Crippen molar-refractivity contribution in [1.82, 2.24) is 9.97 Å².